The fourth-order valence-corrected chi connectivity index (χ4v) is 3.57. The first kappa shape index (κ1) is 15.8. The van der Waals surface area contributed by atoms with Crippen molar-refractivity contribution in [3.8, 4) is 0 Å². The Hall–Kier alpha value is -1.63. The van der Waals surface area contributed by atoms with Crippen molar-refractivity contribution >= 4 is 23.2 Å². The molecule has 2 rings (SSSR count). The maximum Gasteiger partial charge on any atom is 0.326 e. The van der Waals surface area contributed by atoms with Crippen LogP contribution in [0.1, 0.15) is 31.9 Å². The Labute approximate surface area is 127 Å². The van der Waals surface area contributed by atoms with E-state index in [0.717, 1.165) is 23.5 Å². The predicted octanol–water partition coefficient (Wildman–Crippen LogP) is 1.32. The molecule has 116 valence electrons. The number of likely N-dealkylation sites (tertiary alicyclic amines) is 1. The van der Waals surface area contributed by atoms with Crippen LogP contribution >= 0.6 is 11.3 Å². The van der Waals surface area contributed by atoms with E-state index in [-0.39, 0.29) is 23.1 Å². The van der Waals surface area contributed by atoms with Crippen molar-refractivity contribution in [2.45, 2.75) is 45.7 Å². The number of hydrogen-bond donors (Lipinski definition) is 1. The highest BCUT2D eigenvalue weighted by Gasteiger charge is 2.38. The Kier molecular flexibility index (Phi) is 4.82. The number of aliphatic carboxylic acids is 1. The van der Waals surface area contributed by atoms with Crippen molar-refractivity contribution in [2.75, 3.05) is 6.54 Å². The normalized spacial score (nSPS) is 21.7. The van der Waals surface area contributed by atoms with Crippen LogP contribution in [0.3, 0.4) is 0 Å². The largest absolute Gasteiger partial charge is 0.480 e. The standard InChI is InChI=1S/C14H20N2O4S/c1-9-5-7-16(12(9)13(18)19)11(17)4-3-6-15-10(2)8-21-14(15)20/h8-9,12H,3-7H2,1-2H3,(H,18,19). The zero-order valence-electron chi connectivity index (χ0n) is 12.2. The molecule has 1 aliphatic rings. The quantitative estimate of drug-likeness (QED) is 0.889. The molecule has 2 unspecified atom stereocenters. The molecule has 2 heterocycles. The number of aryl methyl sites for hydroxylation is 1. The number of aromatic nitrogens is 1. The summed E-state index contributed by atoms with van der Waals surface area (Å²) in [5, 5.41) is 11.0. The fourth-order valence-electron chi connectivity index (χ4n) is 2.81. The Morgan fingerprint density at radius 2 is 2.19 bits per heavy atom. The van der Waals surface area contributed by atoms with E-state index in [1.165, 1.54) is 4.90 Å². The summed E-state index contributed by atoms with van der Waals surface area (Å²) in [6, 6.07) is -0.705. The van der Waals surface area contributed by atoms with E-state index in [4.69, 9.17) is 0 Å². The van der Waals surface area contributed by atoms with Gasteiger partial charge in [0.1, 0.15) is 6.04 Å². The molecular formula is C14H20N2O4S. The second kappa shape index (κ2) is 6.43. The van der Waals surface area contributed by atoms with Gasteiger partial charge in [-0.1, -0.05) is 18.3 Å². The fraction of sp³-hybridized carbons (Fsp3) is 0.643. The summed E-state index contributed by atoms with van der Waals surface area (Å²) in [6.45, 7) is 4.73. The summed E-state index contributed by atoms with van der Waals surface area (Å²) < 4.78 is 1.65. The lowest BCUT2D eigenvalue weighted by Gasteiger charge is -2.23. The Bertz CT molecular complexity index is 592. The molecule has 6 nitrogen and oxygen atoms in total. The molecular weight excluding hydrogens is 292 g/mol. The number of carboxylic acid groups (broad SMARTS) is 1. The average Bonchev–Trinajstić information content (AvgIpc) is 2.95. The molecule has 0 radical (unpaired) electrons. The monoisotopic (exact) mass is 312 g/mol. The minimum atomic E-state index is -0.932. The van der Waals surface area contributed by atoms with Gasteiger partial charge in [0.05, 0.1) is 0 Å². The van der Waals surface area contributed by atoms with Crippen LogP contribution in [0.5, 0.6) is 0 Å². The number of carbonyl (C=O) groups excluding carboxylic acids is 1. The summed E-state index contributed by atoms with van der Waals surface area (Å²) in [5.41, 5.74) is 0.899. The predicted molar refractivity (Wildman–Crippen MR) is 79.5 cm³/mol. The van der Waals surface area contributed by atoms with Gasteiger partial charge in [0, 0.05) is 30.6 Å². The van der Waals surface area contributed by atoms with Gasteiger partial charge in [-0.05, 0) is 25.7 Å². The number of nitrogens with zero attached hydrogens (tertiary/aromatic N) is 2. The lowest BCUT2D eigenvalue weighted by molar-refractivity contribution is -0.149. The zero-order chi connectivity index (χ0) is 15.6. The minimum Gasteiger partial charge on any atom is -0.480 e. The van der Waals surface area contributed by atoms with Gasteiger partial charge < -0.3 is 14.6 Å². The molecule has 1 aromatic rings. The molecule has 0 saturated carbocycles. The van der Waals surface area contributed by atoms with E-state index in [2.05, 4.69) is 0 Å². The lowest BCUT2D eigenvalue weighted by Crippen LogP contribution is -2.42. The Morgan fingerprint density at radius 1 is 1.48 bits per heavy atom. The number of carboxylic acids is 1. The van der Waals surface area contributed by atoms with Gasteiger partial charge in [-0.15, -0.1) is 0 Å². The molecule has 0 aliphatic carbocycles. The third-order valence-electron chi connectivity index (χ3n) is 4.02. The first-order valence-corrected chi connectivity index (χ1v) is 7.97. The van der Waals surface area contributed by atoms with Crippen molar-refractivity contribution in [3.63, 3.8) is 0 Å². The molecule has 21 heavy (non-hydrogen) atoms. The van der Waals surface area contributed by atoms with Gasteiger partial charge in [-0.2, -0.15) is 0 Å². The van der Waals surface area contributed by atoms with E-state index in [9.17, 15) is 19.5 Å². The summed E-state index contributed by atoms with van der Waals surface area (Å²) in [5.74, 6) is -1.07. The molecule has 0 bridgehead atoms. The lowest BCUT2D eigenvalue weighted by atomic mass is 10.0. The van der Waals surface area contributed by atoms with Gasteiger partial charge in [-0.25, -0.2) is 4.79 Å². The second-order valence-corrected chi connectivity index (χ2v) is 6.35. The molecule has 2 atom stereocenters. The number of thiazole rings is 1. The van der Waals surface area contributed by atoms with Crippen LogP contribution in [0.2, 0.25) is 0 Å². The minimum absolute atomic E-state index is 0.00631. The summed E-state index contributed by atoms with van der Waals surface area (Å²) >= 11 is 1.15. The Morgan fingerprint density at radius 3 is 2.76 bits per heavy atom. The third kappa shape index (κ3) is 3.34. The Balaban J connectivity index is 1.90. The van der Waals surface area contributed by atoms with Crippen molar-refractivity contribution in [2.24, 2.45) is 5.92 Å². The second-order valence-electron chi connectivity index (χ2n) is 5.53. The van der Waals surface area contributed by atoms with E-state index in [1.807, 2.05) is 13.8 Å². The number of hydrogen-bond acceptors (Lipinski definition) is 4. The molecule has 1 amide bonds. The maximum absolute atomic E-state index is 12.2. The maximum atomic E-state index is 12.2. The van der Waals surface area contributed by atoms with Crippen LogP contribution < -0.4 is 4.87 Å². The highest BCUT2D eigenvalue weighted by atomic mass is 32.1. The van der Waals surface area contributed by atoms with Gasteiger partial charge >= 0.3 is 10.8 Å². The van der Waals surface area contributed by atoms with E-state index >= 15 is 0 Å². The van der Waals surface area contributed by atoms with Crippen LogP contribution in [0.15, 0.2) is 10.2 Å². The van der Waals surface area contributed by atoms with E-state index < -0.39 is 12.0 Å². The summed E-state index contributed by atoms with van der Waals surface area (Å²) in [6.07, 6.45) is 1.55. The van der Waals surface area contributed by atoms with Crippen LogP contribution in [-0.2, 0) is 16.1 Å². The number of amides is 1. The molecule has 1 N–H and O–H groups in total. The molecule has 1 fully saturated rings. The van der Waals surface area contributed by atoms with Crippen LogP contribution in [0, 0.1) is 12.8 Å². The van der Waals surface area contributed by atoms with Crippen LogP contribution in [0.25, 0.3) is 0 Å². The van der Waals surface area contributed by atoms with Gasteiger partial charge in [0.2, 0.25) is 5.91 Å². The topological polar surface area (TPSA) is 79.6 Å². The first-order chi connectivity index (χ1) is 9.91. The van der Waals surface area contributed by atoms with Gasteiger partial charge in [-0.3, -0.25) is 9.59 Å². The molecule has 1 saturated heterocycles. The van der Waals surface area contributed by atoms with E-state index in [1.54, 1.807) is 9.95 Å². The number of rotatable bonds is 5. The molecule has 7 heteroatoms. The highest BCUT2D eigenvalue weighted by Crippen LogP contribution is 2.25. The van der Waals surface area contributed by atoms with Crippen molar-refractivity contribution in [1.82, 2.24) is 9.47 Å². The summed E-state index contributed by atoms with van der Waals surface area (Å²) in [7, 11) is 0. The van der Waals surface area contributed by atoms with Crippen molar-refractivity contribution < 1.29 is 14.7 Å². The van der Waals surface area contributed by atoms with Crippen LogP contribution in [0.4, 0.5) is 0 Å². The van der Waals surface area contributed by atoms with Crippen molar-refractivity contribution in [1.29, 1.82) is 0 Å². The van der Waals surface area contributed by atoms with Crippen molar-refractivity contribution in [3.05, 3.63) is 20.7 Å². The van der Waals surface area contributed by atoms with Gasteiger partial charge in [0.25, 0.3) is 0 Å². The molecule has 0 spiro atoms. The molecule has 1 aromatic heterocycles. The third-order valence-corrected chi connectivity index (χ3v) is 4.90. The highest BCUT2D eigenvalue weighted by molar-refractivity contribution is 7.07. The van der Waals surface area contributed by atoms with Gasteiger partial charge in [0.15, 0.2) is 0 Å². The smallest absolute Gasteiger partial charge is 0.326 e. The number of carbonyl (C=O) groups is 2. The average molecular weight is 312 g/mol. The first-order valence-electron chi connectivity index (χ1n) is 7.09. The molecule has 0 aromatic carbocycles. The summed E-state index contributed by atoms with van der Waals surface area (Å²) in [4.78, 5) is 36.4. The van der Waals surface area contributed by atoms with Crippen LogP contribution in [-0.4, -0.2) is 39.0 Å². The van der Waals surface area contributed by atoms with E-state index in [0.29, 0.717) is 19.5 Å². The SMILES string of the molecule is Cc1csc(=O)n1CCCC(=O)N1CCC(C)C1C(=O)O. The zero-order valence-corrected chi connectivity index (χ0v) is 13.1. The molecule has 1 aliphatic heterocycles.